The summed E-state index contributed by atoms with van der Waals surface area (Å²) in [5.41, 5.74) is 1.06. The molecule has 1 aromatic rings. The van der Waals surface area contributed by atoms with Crippen molar-refractivity contribution in [2.24, 2.45) is 0 Å². The summed E-state index contributed by atoms with van der Waals surface area (Å²) in [6, 6.07) is 5.50. The zero-order valence-electron chi connectivity index (χ0n) is 9.95. The number of carbonyl (C=O) groups is 1. The third-order valence-electron chi connectivity index (χ3n) is 2.19. The molecule has 0 N–H and O–H groups in total. The molecule has 0 radical (unpaired) electrons. The molecule has 1 aromatic carbocycles. The molecule has 0 fully saturated rings. The van der Waals surface area contributed by atoms with Crippen LogP contribution in [0.2, 0.25) is 0 Å². The van der Waals surface area contributed by atoms with E-state index >= 15 is 0 Å². The second-order valence-electron chi connectivity index (χ2n) is 3.60. The molecule has 0 amide bonds. The molecule has 0 aliphatic rings. The quantitative estimate of drug-likeness (QED) is 0.379. The molecule has 0 spiro atoms. The fourth-order valence-electron chi connectivity index (χ4n) is 1.41. The third kappa shape index (κ3) is 4.90. The topological polar surface area (TPSA) is 35.5 Å². The van der Waals surface area contributed by atoms with Crippen molar-refractivity contribution >= 4 is 53.8 Å². The number of carbonyl (C=O) groups excluding carboxylic acids is 1. The number of benzene rings is 1. The molecule has 18 heavy (non-hydrogen) atoms. The minimum absolute atomic E-state index is 0.182. The largest absolute Gasteiger partial charge is 0.493 e. The molecule has 1 atom stereocenters. The zero-order valence-corrected chi connectivity index (χ0v) is 14.7. The summed E-state index contributed by atoms with van der Waals surface area (Å²) >= 11 is 10.5. The first-order valence-electron chi connectivity index (χ1n) is 5.22. The maximum absolute atomic E-state index is 10.9. The van der Waals surface area contributed by atoms with Crippen LogP contribution in [0.15, 0.2) is 18.2 Å². The van der Waals surface area contributed by atoms with Gasteiger partial charge in [0.2, 0.25) is 0 Å². The Hall–Kier alpha value is -0.0700. The molecular formula is C12H13Br3O3. The predicted molar refractivity (Wildman–Crippen MR) is 82.2 cm³/mol. The Morgan fingerprint density at radius 2 is 1.94 bits per heavy atom. The van der Waals surface area contributed by atoms with Crippen LogP contribution in [0.4, 0.5) is 0 Å². The van der Waals surface area contributed by atoms with Crippen molar-refractivity contribution in [1.82, 2.24) is 0 Å². The van der Waals surface area contributed by atoms with Gasteiger partial charge in [-0.2, -0.15) is 0 Å². The van der Waals surface area contributed by atoms with E-state index in [1.54, 1.807) is 13.2 Å². The summed E-state index contributed by atoms with van der Waals surface area (Å²) in [7, 11) is 1.55. The lowest BCUT2D eigenvalue weighted by atomic mass is 10.1. The van der Waals surface area contributed by atoms with Crippen molar-refractivity contribution in [3.8, 4) is 11.5 Å². The summed E-state index contributed by atoms with van der Waals surface area (Å²) in [6.07, 6.45) is 0.871. The predicted octanol–water partition coefficient (Wildman–Crippen LogP) is 4.56. The van der Waals surface area contributed by atoms with Crippen LogP contribution in [0.5, 0.6) is 11.5 Å². The highest BCUT2D eigenvalue weighted by atomic mass is 79.9. The number of rotatable bonds is 5. The fraction of sp³-hybridized carbons (Fsp3) is 0.417. The van der Waals surface area contributed by atoms with Crippen LogP contribution in [0.25, 0.3) is 0 Å². The molecule has 0 bridgehead atoms. The van der Waals surface area contributed by atoms with Gasteiger partial charge in [0.25, 0.3) is 0 Å². The lowest BCUT2D eigenvalue weighted by Gasteiger charge is -2.14. The highest BCUT2D eigenvalue weighted by Crippen LogP contribution is 2.37. The van der Waals surface area contributed by atoms with Gasteiger partial charge in [-0.3, -0.25) is 4.79 Å². The second-order valence-corrected chi connectivity index (χ2v) is 8.14. The first kappa shape index (κ1) is 16.0. The molecule has 0 aliphatic carbocycles. The van der Waals surface area contributed by atoms with Gasteiger partial charge < -0.3 is 9.47 Å². The Bertz CT molecular complexity index is 421. The maximum Gasteiger partial charge on any atom is 0.308 e. The van der Waals surface area contributed by atoms with Crippen LogP contribution in [0.3, 0.4) is 0 Å². The number of alkyl halides is 3. The van der Waals surface area contributed by atoms with Gasteiger partial charge in [-0.05, 0) is 24.1 Å². The monoisotopic (exact) mass is 442 g/mol. The van der Waals surface area contributed by atoms with Crippen molar-refractivity contribution in [2.75, 3.05) is 7.11 Å². The first-order valence-corrected chi connectivity index (χ1v) is 7.97. The summed E-state index contributed by atoms with van der Waals surface area (Å²) in [5, 5.41) is 0. The van der Waals surface area contributed by atoms with Crippen molar-refractivity contribution < 1.29 is 14.3 Å². The Balaban J connectivity index is 2.94. The normalized spacial score (nSPS) is 12.3. The number of esters is 1. The van der Waals surface area contributed by atoms with Gasteiger partial charge in [0.05, 0.1) is 10.8 Å². The molecule has 1 rings (SSSR count). The average molecular weight is 445 g/mol. The number of methoxy groups -OCH3 is 1. The van der Waals surface area contributed by atoms with Gasteiger partial charge in [-0.1, -0.05) is 53.9 Å². The van der Waals surface area contributed by atoms with E-state index in [2.05, 4.69) is 47.8 Å². The summed E-state index contributed by atoms with van der Waals surface area (Å²) in [5.74, 6) is 0.618. The molecule has 1 unspecified atom stereocenters. The van der Waals surface area contributed by atoms with Crippen LogP contribution in [0.1, 0.15) is 23.7 Å². The van der Waals surface area contributed by atoms with Crippen molar-refractivity contribution in [3.05, 3.63) is 23.8 Å². The first-order chi connectivity index (χ1) is 8.43. The maximum atomic E-state index is 10.9. The van der Waals surface area contributed by atoms with E-state index < -0.39 is 0 Å². The summed E-state index contributed by atoms with van der Waals surface area (Å²) in [6.45, 7) is 1.36. The Kier molecular flexibility index (Phi) is 6.66. The van der Waals surface area contributed by atoms with Crippen LogP contribution >= 0.6 is 47.8 Å². The van der Waals surface area contributed by atoms with Gasteiger partial charge in [0.1, 0.15) is 0 Å². The van der Waals surface area contributed by atoms with Gasteiger partial charge in [0, 0.05) is 11.8 Å². The fourth-order valence-corrected chi connectivity index (χ4v) is 3.82. The number of hydrogen-bond acceptors (Lipinski definition) is 3. The van der Waals surface area contributed by atoms with Crippen LogP contribution in [0, 0.1) is 0 Å². The standard InChI is InChI=1S/C12H13Br3O3/c1-7(16)18-10-4-3-8(5-11(10)17-2)9(13)6-12(14)15/h3-5,9,12H,6H2,1-2H3. The van der Waals surface area contributed by atoms with E-state index in [4.69, 9.17) is 9.47 Å². The lowest BCUT2D eigenvalue weighted by Crippen LogP contribution is -2.04. The zero-order chi connectivity index (χ0) is 13.7. The lowest BCUT2D eigenvalue weighted by molar-refractivity contribution is -0.132. The minimum Gasteiger partial charge on any atom is -0.493 e. The van der Waals surface area contributed by atoms with Crippen LogP contribution < -0.4 is 9.47 Å². The van der Waals surface area contributed by atoms with Gasteiger partial charge in [-0.15, -0.1) is 0 Å². The molecule has 3 nitrogen and oxygen atoms in total. The van der Waals surface area contributed by atoms with E-state index in [0.717, 1.165) is 12.0 Å². The van der Waals surface area contributed by atoms with E-state index in [1.807, 2.05) is 12.1 Å². The van der Waals surface area contributed by atoms with E-state index in [9.17, 15) is 4.79 Å². The van der Waals surface area contributed by atoms with E-state index in [-0.39, 0.29) is 14.5 Å². The highest BCUT2D eigenvalue weighted by Gasteiger charge is 2.15. The van der Waals surface area contributed by atoms with Crippen LogP contribution in [-0.2, 0) is 4.79 Å². The van der Waals surface area contributed by atoms with Crippen molar-refractivity contribution in [1.29, 1.82) is 0 Å². The second kappa shape index (κ2) is 7.50. The van der Waals surface area contributed by atoms with E-state index in [1.165, 1.54) is 6.92 Å². The van der Waals surface area contributed by atoms with Crippen LogP contribution in [-0.4, -0.2) is 16.8 Å². The molecule has 6 heteroatoms. The van der Waals surface area contributed by atoms with Gasteiger partial charge in [0.15, 0.2) is 11.5 Å². The van der Waals surface area contributed by atoms with Gasteiger partial charge in [-0.25, -0.2) is 0 Å². The molecule has 0 saturated heterocycles. The van der Waals surface area contributed by atoms with E-state index in [0.29, 0.717) is 11.5 Å². The Labute approximate surface area is 132 Å². The smallest absolute Gasteiger partial charge is 0.308 e. The molecular weight excluding hydrogens is 432 g/mol. The SMILES string of the molecule is COc1cc(C(Br)CC(Br)Br)ccc1OC(C)=O. The summed E-state index contributed by atoms with van der Waals surface area (Å²) < 4.78 is 10.5. The highest BCUT2D eigenvalue weighted by molar-refractivity contribution is 9.24. The molecule has 0 heterocycles. The average Bonchev–Trinajstić information content (AvgIpc) is 2.27. The molecule has 0 aromatic heterocycles. The number of halogens is 3. The molecule has 100 valence electrons. The Morgan fingerprint density at radius 1 is 1.28 bits per heavy atom. The summed E-state index contributed by atoms with van der Waals surface area (Å²) in [4.78, 5) is 11.1. The Morgan fingerprint density at radius 3 is 2.44 bits per heavy atom. The number of hydrogen-bond donors (Lipinski definition) is 0. The molecule has 0 saturated carbocycles. The number of ether oxygens (including phenoxy) is 2. The van der Waals surface area contributed by atoms with Crippen molar-refractivity contribution in [2.45, 2.75) is 21.9 Å². The van der Waals surface area contributed by atoms with Crippen molar-refractivity contribution in [3.63, 3.8) is 0 Å². The third-order valence-corrected chi connectivity index (χ3v) is 3.84. The van der Waals surface area contributed by atoms with Gasteiger partial charge >= 0.3 is 5.97 Å². The minimum atomic E-state index is -0.363. The molecule has 0 aliphatic heterocycles.